The molecule has 1 unspecified atom stereocenters. The maximum atomic E-state index is 12.3. The Bertz CT molecular complexity index is 598. The highest BCUT2D eigenvalue weighted by Gasteiger charge is 2.19. The van der Waals surface area contributed by atoms with E-state index in [1.165, 1.54) is 0 Å². The van der Waals surface area contributed by atoms with Gasteiger partial charge in [0.1, 0.15) is 0 Å². The number of rotatable bonds is 6. The molecule has 2 aromatic rings. The molecule has 2 heterocycles. The van der Waals surface area contributed by atoms with E-state index in [4.69, 9.17) is 5.73 Å². The Labute approximate surface area is 118 Å². The summed E-state index contributed by atoms with van der Waals surface area (Å²) in [7, 11) is 1.81. The Morgan fingerprint density at radius 3 is 2.75 bits per heavy atom. The van der Waals surface area contributed by atoms with Crippen molar-refractivity contribution in [3.8, 4) is 0 Å². The van der Waals surface area contributed by atoms with Crippen LogP contribution in [0.1, 0.15) is 36.8 Å². The minimum atomic E-state index is -0.631. The summed E-state index contributed by atoms with van der Waals surface area (Å²) in [5.41, 5.74) is 8.67. The summed E-state index contributed by atoms with van der Waals surface area (Å²) in [6.07, 6.45) is 4.58. The fraction of sp³-hybridized carbons (Fsp3) is 0.500. The molecule has 2 N–H and O–H groups in total. The van der Waals surface area contributed by atoms with E-state index in [2.05, 4.69) is 17.1 Å². The lowest BCUT2D eigenvalue weighted by atomic mass is 10.0. The third-order valence-corrected chi connectivity index (χ3v) is 3.36. The van der Waals surface area contributed by atoms with Gasteiger partial charge in [0.15, 0.2) is 5.78 Å². The van der Waals surface area contributed by atoms with Crippen LogP contribution < -0.4 is 5.73 Å². The number of aromatic nitrogens is 4. The van der Waals surface area contributed by atoms with Crippen LogP contribution >= 0.6 is 0 Å². The standard InChI is InChI=1S/C14H21N5O/c1-4-11-6-12(19(5-2)17-11)7-13(20)14(15)10-8-16-18(3)9-10/h6,8-9,14H,4-5,7,15H2,1-3H3. The first kappa shape index (κ1) is 14.5. The number of nitrogens with two attached hydrogens (primary N) is 1. The lowest BCUT2D eigenvalue weighted by Gasteiger charge is -2.09. The van der Waals surface area contributed by atoms with Crippen LogP contribution in [-0.4, -0.2) is 25.3 Å². The quantitative estimate of drug-likeness (QED) is 0.853. The molecule has 6 heteroatoms. The topological polar surface area (TPSA) is 78.7 Å². The minimum absolute atomic E-state index is 0.0183. The van der Waals surface area contributed by atoms with E-state index in [0.29, 0.717) is 6.42 Å². The average Bonchev–Trinajstić information content (AvgIpc) is 3.03. The summed E-state index contributed by atoms with van der Waals surface area (Å²) in [6, 6.07) is 1.35. The van der Waals surface area contributed by atoms with Crippen molar-refractivity contribution >= 4 is 5.78 Å². The highest BCUT2D eigenvalue weighted by Crippen LogP contribution is 2.14. The first-order valence-electron chi connectivity index (χ1n) is 6.87. The largest absolute Gasteiger partial charge is 0.318 e. The zero-order valence-corrected chi connectivity index (χ0v) is 12.2. The average molecular weight is 275 g/mol. The van der Waals surface area contributed by atoms with E-state index in [0.717, 1.165) is 29.9 Å². The molecule has 0 bridgehead atoms. The molecule has 20 heavy (non-hydrogen) atoms. The van der Waals surface area contributed by atoms with Crippen LogP contribution in [0.3, 0.4) is 0 Å². The van der Waals surface area contributed by atoms with E-state index >= 15 is 0 Å². The molecule has 0 aliphatic heterocycles. The van der Waals surface area contributed by atoms with Crippen LogP contribution in [0.4, 0.5) is 0 Å². The second kappa shape index (κ2) is 6.00. The van der Waals surface area contributed by atoms with Crippen molar-refractivity contribution in [2.45, 2.75) is 39.3 Å². The van der Waals surface area contributed by atoms with Gasteiger partial charge in [-0.3, -0.25) is 14.2 Å². The predicted octanol–water partition coefficient (Wildman–Crippen LogP) is 1.01. The van der Waals surface area contributed by atoms with Crippen molar-refractivity contribution in [1.82, 2.24) is 19.6 Å². The first-order chi connectivity index (χ1) is 9.55. The fourth-order valence-electron chi connectivity index (χ4n) is 2.18. The van der Waals surface area contributed by atoms with E-state index in [1.807, 2.05) is 17.7 Å². The third-order valence-electron chi connectivity index (χ3n) is 3.36. The molecule has 0 fully saturated rings. The smallest absolute Gasteiger partial charge is 0.160 e. The summed E-state index contributed by atoms with van der Waals surface area (Å²) in [5.74, 6) is -0.0183. The SMILES string of the molecule is CCc1cc(CC(=O)C(N)c2cnn(C)c2)n(CC)n1. The van der Waals surface area contributed by atoms with E-state index < -0.39 is 6.04 Å². The summed E-state index contributed by atoms with van der Waals surface area (Å²) in [4.78, 5) is 12.3. The summed E-state index contributed by atoms with van der Waals surface area (Å²) >= 11 is 0. The molecule has 0 amide bonds. The molecular weight excluding hydrogens is 254 g/mol. The van der Waals surface area contributed by atoms with E-state index in [9.17, 15) is 4.79 Å². The number of nitrogens with zero attached hydrogens (tertiary/aromatic N) is 4. The van der Waals surface area contributed by atoms with Crippen LogP contribution in [0, 0.1) is 0 Å². The number of hydrogen-bond acceptors (Lipinski definition) is 4. The van der Waals surface area contributed by atoms with Crippen LogP contribution in [0.2, 0.25) is 0 Å². The molecule has 2 rings (SSSR count). The maximum Gasteiger partial charge on any atom is 0.160 e. The molecular formula is C14H21N5O. The van der Waals surface area contributed by atoms with Gasteiger partial charge in [0.2, 0.25) is 0 Å². The van der Waals surface area contributed by atoms with Crippen molar-refractivity contribution in [3.05, 3.63) is 35.4 Å². The van der Waals surface area contributed by atoms with Gasteiger partial charge in [0.05, 0.1) is 24.4 Å². The van der Waals surface area contributed by atoms with Gasteiger partial charge in [-0.05, 0) is 19.4 Å². The van der Waals surface area contributed by atoms with Gasteiger partial charge in [-0.1, -0.05) is 6.92 Å². The zero-order chi connectivity index (χ0) is 14.7. The Kier molecular flexibility index (Phi) is 4.34. The normalized spacial score (nSPS) is 12.6. The molecule has 108 valence electrons. The lowest BCUT2D eigenvalue weighted by Crippen LogP contribution is -2.23. The molecule has 0 aromatic carbocycles. The Morgan fingerprint density at radius 2 is 2.20 bits per heavy atom. The molecule has 1 atom stereocenters. The number of Topliss-reactive ketones (excluding diaryl/α,β-unsaturated/α-hetero) is 1. The highest BCUT2D eigenvalue weighted by molar-refractivity contribution is 5.86. The summed E-state index contributed by atoms with van der Waals surface area (Å²) in [6.45, 7) is 4.82. The third kappa shape index (κ3) is 2.96. The predicted molar refractivity (Wildman–Crippen MR) is 76.1 cm³/mol. The van der Waals surface area contributed by atoms with Crippen molar-refractivity contribution in [2.24, 2.45) is 12.8 Å². The van der Waals surface area contributed by atoms with Crippen LogP contribution in [-0.2, 0) is 31.2 Å². The zero-order valence-electron chi connectivity index (χ0n) is 12.2. The van der Waals surface area contributed by atoms with Gasteiger partial charge in [-0.2, -0.15) is 10.2 Å². The van der Waals surface area contributed by atoms with Crippen molar-refractivity contribution in [2.75, 3.05) is 0 Å². The number of aryl methyl sites for hydroxylation is 3. The van der Waals surface area contributed by atoms with Gasteiger partial charge >= 0.3 is 0 Å². The second-order valence-corrected chi connectivity index (χ2v) is 4.86. The fourth-order valence-corrected chi connectivity index (χ4v) is 2.18. The number of ketones is 1. The molecule has 0 aliphatic rings. The molecule has 0 saturated heterocycles. The van der Waals surface area contributed by atoms with Crippen LogP contribution in [0.25, 0.3) is 0 Å². The first-order valence-corrected chi connectivity index (χ1v) is 6.87. The number of carbonyl (C=O) groups is 1. The number of carbonyl (C=O) groups excluding carboxylic acids is 1. The van der Waals surface area contributed by atoms with E-state index in [-0.39, 0.29) is 5.78 Å². The molecule has 6 nitrogen and oxygen atoms in total. The molecule has 0 spiro atoms. The van der Waals surface area contributed by atoms with Gasteiger partial charge in [0.25, 0.3) is 0 Å². The molecule has 0 saturated carbocycles. The van der Waals surface area contributed by atoms with Gasteiger partial charge in [-0.15, -0.1) is 0 Å². The Morgan fingerprint density at radius 1 is 1.45 bits per heavy atom. The highest BCUT2D eigenvalue weighted by atomic mass is 16.1. The monoisotopic (exact) mass is 275 g/mol. The Hall–Kier alpha value is -1.95. The minimum Gasteiger partial charge on any atom is -0.318 e. The van der Waals surface area contributed by atoms with Gasteiger partial charge in [0, 0.05) is 31.0 Å². The van der Waals surface area contributed by atoms with Crippen molar-refractivity contribution in [3.63, 3.8) is 0 Å². The maximum absolute atomic E-state index is 12.3. The second-order valence-electron chi connectivity index (χ2n) is 4.86. The summed E-state index contributed by atoms with van der Waals surface area (Å²) < 4.78 is 3.51. The number of hydrogen-bond donors (Lipinski definition) is 1. The Balaban J connectivity index is 2.13. The van der Waals surface area contributed by atoms with Crippen LogP contribution in [0.5, 0.6) is 0 Å². The van der Waals surface area contributed by atoms with E-state index in [1.54, 1.807) is 24.1 Å². The molecule has 0 radical (unpaired) electrons. The van der Waals surface area contributed by atoms with Crippen LogP contribution in [0.15, 0.2) is 18.5 Å². The van der Waals surface area contributed by atoms with Gasteiger partial charge in [-0.25, -0.2) is 0 Å². The van der Waals surface area contributed by atoms with Gasteiger partial charge < -0.3 is 5.73 Å². The molecule has 0 aliphatic carbocycles. The van der Waals surface area contributed by atoms with Crippen molar-refractivity contribution < 1.29 is 4.79 Å². The lowest BCUT2D eigenvalue weighted by molar-refractivity contribution is -0.119. The summed E-state index contributed by atoms with van der Waals surface area (Å²) in [5, 5.41) is 8.49. The molecule has 2 aromatic heterocycles. The van der Waals surface area contributed by atoms with Crippen molar-refractivity contribution in [1.29, 1.82) is 0 Å².